The van der Waals surface area contributed by atoms with Crippen LogP contribution in [0.1, 0.15) is 25.8 Å². The summed E-state index contributed by atoms with van der Waals surface area (Å²) >= 11 is 0. The zero-order chi connectivity index (χ0) is 18.5. The molecule has 1 fully saturated rings. The molecule has 1 unspecified atom stereocenters. The molecule has 0 saturated carbocycles. The summed E-state index contributed by atoms with van der Waals surface area (Å²) in [5.74, 6) is 0.232. The van der Waals surface area contributed by atoms with Crippen molar-refractivity contribution in [1.82, 2.24) is 9.80 Å². The summed E-state index contributed by atoms with van der Waals surface area (Å²) in [5.41, 5.74) is 1.76. The molecule has 26 heavy (non-hydrogen) atoms. The van der Waals surface area contributed by atoms with Crippen LogP contribution in [0.25, 0.3) is 0 Å². The van der Waals surface area contributed by atoms with Gasteiger partial charge in [0.15, 0.2) is 0 Å². The van der Waals surface area contributed by atoms with E-state index in [1.165, 1.54) is 0 Å². The number of ether oxygens (including phenoxy) is 1. The summed E-state index contributed by atoms with van der Waals surface area (Å²) in [4.78, 5) is 33.4. The van der Waals surface area contributed by atoms with Crippen molar-refractivity contribution in [3.05, 3.63) is 35.9 Å². The van der Waals surface area contributed by atoms with E-state index >= 15 is 0 Å². The Labute approximate surface area is 153 Å². The first-order valence-electron chi connectivity index (χ1n) is 9.03. The molecule has 0 N–H and O–H groups in total. The van der Waals surface area contributed by atoms with Crippen LogP contribution in [-0.2, 0) is 14.4 Å². The molecule has 3 rings (SSSR count). The number of carbonyl (C=O) groups excluding carboxylic acids is 2. The topological polar surface area (TPSA) is 71.4 Å². The number of nitrogens with zero attached hydrogens (tertiary/aromatic N) is 3. The highest BCUT2D eigenvalue weighted by Crippen LogP contribution is 2.19. The van der Waals surface area contributed by atoms with Crippen LogP contribution >= 0.6 is 0 Å². The van der Waals surface area contributed by atoms with E-state index in [2.05, 4.69) is 5.16 Å². The van der Waals surface area contributed by atoms with Crippen LogP contribution < -0.4 is 0 Å². The number of hydrogen-bond acceptors (Lipinski definition) is 5. The highest BCUT2D eigenvalue weighted by molar-refractivity contribution is 6.04. The lowest BCUT2D eigenvalue weighted by molar-refractivity contribution is -0.143. The third-order valence-corrected chi connectivity index (χ3v) is 4.44. The molecule has 2 heterocycles. The first-order chi connectivity index (χ1) is 12.5. The fourth-order valence-corrected chi connectivity index (χ4v) is 2.95. The van der Waals surface area contributed by atoms with Gasteiger partial charge in [-0.2, -0.15) is 0 Å². The zero-order valence-electron chi connectivity index (χ0n) is 15.3. The van der Waals surface area contributed by atoms with Crippen LogP contribution in [0.4, 0.5) is 4.79 Å². The van der Waals surface area contributed by atoms with Crippen molar-refractivity contribution in [2.45, 2.75) is 26.4 Å². The number of piperazine rings is 1. The van der Waals surface area contributed by atoms with E-state index in [1.807, 2.05) is 44.2 Å². The second kappa shape index (κ2) is 8.21. The van der Waals surface area contributed by atoms with Gasteiger partial charge in [-0.3, -0.25) is 4.79 Å². The molecule has 0 spiro atoms. The Morgan fingerprint density at radius 1 is 1.15 bits per heavy atom. The molecule has 2 aliphatic heterocycles. The maximum atomic E-state index is 12.7. The lowest BCUT2D eigenvalue weighted by Crippen LogP contribution is -2.53. The van der Waals surface area contributed by atoms with Gasteiger partial charge in [0.05, 0.1) is 12.3 Å². The van der Waals surface area contributed by atoms with Crippen molar-refractivity contribution in [2.75, 3.05) is 32.8 Å². The van der Waals surface area contributed by atoms with Gasteiger partial charge in [-0.1, -0.05) is 49.3 Å². The van der Waals surface area contributed by atoms with Gasteiger partial charge in [0.2, 0.25) is 6.10 Å². The quantitative estimate of drug-likeness (QED) is 0.826. The van der Waals surface area contributed by atoms with Gasteiger partial charge in [-0.05, 0) is 11.5 Å². The van der Waals surface area contributed by atoms with Crippen LogP contribution in [0.2, 0.25) is 0 Å². The second-order valence-electron chi connectivity index (χ2n) is 6.99. The van der Waals surface area contributed by atoms with Gasteiger partial charge >= 0.3 is 6.09 Å². The molecule has 7 nitrogen and oxygen atoms in total. The summed E-state index contributed by atoms with van der Waals surface area (Å²) in [7, 11) is 0. The summed E-state index contributed by atoms with van der Waals surface area (Å²) in [6, 6.07) is 9.72. The lowest BCUT2D eigenvalue weighted by Gasteiger charge is -2.34. The third-order valence-electron chi connectivity index (χ3n) is 4.44. The molecule has 2 amide bonds. The summed E-state index contributed by atoms with van der Waals surface area (Å²) in [5, 5.41) is 4.07. The molecule has 0 aromatic heterocycles. The Bertz CT molecular complexity index is 667. The minimum Gasteiger partial charge on any atom is -0.449 e. The summed E-state index contributed by atoms with van der Waals surface area (Å²) in [6.07, 6.45) is -0.415. The first kappa shape index (κ1) is 18.2. The zero-order valence-corrected chi connectivity index (χ0v) is 15.3. The van der Waals surface area contributed by atoms with E-state index in [9.17, 15) is 9.59 Å². The lowest BCUT2D eigenvalue weighted by atomic mass is 10.0. The van der Waals surface area contributed by atoms with Crippen LogP contribution in [0.15, 0.2) is 35.5 Å². The van der Waals surface area contributed by atoms with Crippen molar-refractivity contribution in [1.29, 1.82) is 0 Å². The number of hydrogen-bond donors (Lipinski definition) is 0. The molecule has 2 aliphatic rings. The number of benzene rings is 1. The van der Waals surface area contributed by atoms with Gasteiger partial charge in [0.25, 0.3) is 5.91 Å². The number of carbonyl (C=O) groups is 2. The van der Waals surface area contributed by atoms with Gasteiger partial charge in [0.1, 0.15) is 0 Å². The third kappa shape index (κ3) is 4.33. The molecule has 0 aliphatic carbocycles. The maximum absolute atomic E-state index is 12.7. The van der Waals surface area contributed by atoms with E-state index < -0.39 is 6.10 Å². The molecule has 140 valence electrons. The van der Waals surface area contributed by atoms with Crippen LogP contribution in [0, 0.1) is 5.92 Å². The number of rotatable bonds is 4. The first-order valence-corrected chi connectivity index (χ1v) is 9.03. The number of amides is 2. The smallest absolute Gasteiger partial charge is 0.409 e. The van der Waals surface area contributed by atoms with Crippen LogP contribution in [0.3, 0.4) is 0 Å². The maximum Gasteiger partial charge on any atom is 0.409 e. The Morgan fingerprint density at radius 3 is 2.46 bits per heavy atom. The molecule has 0 radical (unpaired) electrons. The van der Waals surface area contributed by atoms with E-state index in [0.29, 0.717) is 45.1 Å². The van der Waals surface area contributed by atoms with E-state index in [1.54, 1.807) is 9.80 Å². The summed E-state index contributed by atoms with van der Waals surface area (Å²) < 4.78 is 5.24. The molecule has 0 bridgehead atoms. The van der Waals surface area contributed by atoms with Gasteiger partial charge in [0, 0.05) is 32.6 Å². The average molecular weight is 359 g/mol. The standard InChI is InChI=1S/C19H25N3O4/c1-14(2)13-25-19(24)22-10-8-21(9-11-22)18(23)17-12-16(20-26-17)15-6-4-3-5-7-15/h3-7,14,17H,8-13H2,1-2H3. The predicted molar refractivity (Wildman–Crippen MR) is 96.8 cm³/mol. The minimum absolute atomic E-state index is 0.0742. The van der Waals surface area contributed by atoms with Crippen LogP contribution in [0.5, 0.6) is 0 Å². The van der Waals surface area contributed by atoms with Crippen molar-refractivity contribution in [3.63, 3.8) is 0 Å². The number of oxime groups is 1. The van der Waals surface area contributed by atoms with Crippen molar-refractivity contribution < 1.29 is 19.2 Å². The fourth-order valence-electron chi connectivity index (χ4n) is 2.95. The fraction of sp³-hybridized carbons (Fsp3) is 0.526. The highest BCUT2D eigenvalue weighted by atomic mass is 16.6. The Morgan fingerprint density at radius 2 is 1.81 bits per heavy atom. The largest absolute Gasteiger partial charge is 0.449 e. The van der Waals surface area contributed by atoms with Gasteiger partial charge in [-0.15, -0.1) is 0 Å². The monoisotopic (exact) mass is 359 g/mol. The highest BCUT2D eigenvalue weighted by Gasteiger charge is 2.34. The summed E-state index contributed by atoms with van der Waals surface area (Å²) in [6.45, 7) is 6.32. The van der Waals surface area contributed by atoms with Crippen molar-refractivity contribution in [2.24, 2.45) is 11.1 Å². The van der Waals surface area contributed by atoms with Crippen LogP contribution in [-0.4, -0.2) is 66.4 Å². The molecule has 1 atom stereocenters. The normalized spacial score (nSPS) is 20.0. The molecule has 1 aromatic rings. The Hall–Kier alpha value is -2.57. The molecule has 7 heteroatoms. The second-order valence-corrected chi connectivity index (χ2v) is 6.99. The SMILES string of the molecule is CC(C)COC(=O)N1CCN(C(=O)C2CC(c3ccccc3)=NO2)CC1. The van der Waals surface area contributed by atoms with E-state index in [0.717, 1.165) is 11.3 Å². The van der Waals surface area contributed by atoms with Gasteiger partial charge < -0.3 is 19.4 Å². The van der Waals surface area contributed by atoms with Crippen molar-refractivity contribution >= 4 is 17.7 Å². The average Bonchev–Trinajstić information content (AvgIpc) is 3.16. The minimum atomic E-state index is -0.579. The molecular weight excluding hydrogens is 334 g/mol. The van der Waals surface area contributed by atoms with E-state index in [4.69, 9.17) is 9.57 Å². The molecule has 1 saturated heterocycles. The van der Waals surface area contributed by atoms with E-state index in [-0.39, 0.29) is 12.0 Å². The van der Waals surface area contributed by atoms with Crippen molar-refractivity contribution in [3.8, 4) is 0 Å². The molecule has 1 aromatic carbocycles. The predicted octanol–water partition coefficient (Wildman–Crippen LogP) is 2.12. The Balaban J connectivity index is 1.47. The van der Waals surface area contributed by atoms with Gasteiger partial charge in [-0.25, -0.2) is 4.79 Å². The molecular formula is C19H25N3O4. The Kier molecular flexibility index (Phi) is 5.75.